The smallest absolute Gasteiger partial charge is 0.204 e. The second kappa shape index (κ2) is 6.11. The fourth-order valence-corrected chi connectivity index (χ4v) is 2.42. The Kier molecular flexibility index (Phi) is 3.65. The van der Waals surface area contributed by atoms with Gasteiger partial charge in [-0.15, -0.1) is 0 Å². The normalized spacial score (nSPS) is 10.8. The van der Waals surface area contributed by atoms with Crippen molar-refractivity contribution < 1.29 is 14.0 Å². The first kappa shape index (κ1) is 14.9. The van der Waals surface area contributed by atoms with Crippen molar-refractivity contribution in [2.45, 2.75) is 0 Å². The molecule has 9 nitrogen and oxygen atoms in total. The Bertz CT molecular complexity index is 1010. The topological polar surface area (TPSA) is 111 Å². The van der Waals surface area contributed by atoms with E-state index in [4.69, 9.17) is 14.0 Å². The van der Waals surface area contributed by atoms with Gasteiger partial charge in [-0.1, -0.05) is 5.16 Å². The van der Waals surface area contributed by atoms with Crippen molar-refractivity contribution in [1.29, 1.82) is 0 Å². The number of nitrogens with one attached hydrogen (secondary N) is 2. The number of methoxy groups -OCH3 is 2. The summed E-state index contributed by atoms with van der Waals surface area (Å²) in [7, 11) is 3.18. The maximum atomic E-state index is 5.33. The molecule has 25 heavy (non-hydrogen) atoms. The zero-order valence-electron chi connectivity index (χ0n) is 13.5. The first-order valence-corrected chi connectivity index (χ1v) is 7.39. The summed E-state index contributed by atoms with van der Waals surface area (Å²) in [4.78, 5) is 8.93. The molecule has 0 amide bonds. The summed E-state index contributed by atoms with van der Waals surface area (Å²) in [5, 5.41) is 13.9. The van der Waals surface area contributed by atoms with Crippen LogP contribution in [0.5, 0.6) is 11.5 Å². The number of rotatable bonds is 5. The first-order valence-electron chi connectivity index (χ1n) is 7.39. The molecule has 3 aromatic heterocycles. The molecule has 0 bridgehead atoms. The fraction of sp³-hybridized carbons (Fsp3) is 0.125. The molecule has 0 aliphatic heterocycles. The predicted octanol–water partition coefficient (Wildman–Crippen LogP) is 2.77. The second-order valence-corrected chi connectivity index (χ2v) is 5.10. The molecule has 126 valence electrons. The highest BCUT2D eigenvalue weighted by Crippen LogP contribution is 2.32. The van der Waals surface area contributed by atoms with Crippen molar-refractivity contribution in [3.05, 3.63) is 36.7 Å². The number of hydrogen-bond donors (Lipinski definition) is 2. The summed E-state index contributed by atoms with van der Waals surface area (Å²) >= 11 is 0. The standard InChI is InChI=1S/C16H14N6O3/c1-23-11-4-3-9(7-13(11)24-2)19-16-14-10(8-17-22-14)20-15(21-16)12-5-6-18-25-12/h3-8H,1-2H3,(H,17,22)(H,19,20,21). The fourth-order valence-electron chi connectivity index (χ4n) is 2.42. The maximum absolute atomic E-state index is 5.33. The number of benzene rings is 1. The summed E-state index contributed by atoms with van der Waals surface area (Å²) < 4.78 is 15.7. The molecular formula is C16H14N6O3. The van der Waals surface area contributed by atoms with E-state index in [-0.39, 0.29) is 0 Å². The summed E-state index contributed by atoms with van der Waals surface area (Å²) in [6.07, 6.45) is 3.16. The van der Waals surface area contributed by atoms with Gasteiger partial charge in [0, 0.05) is 17.8 Å². The first-order chi connectivity index (χ1) is 12.3. The number of anilines is 2. The van der Waals surface area contributed by atoms with E-state index < -0.39 is 0 Å². The number of hydrogen-bond acceptors (Lipinski definition) is 8. The van der Waals surface area contributed by atoms with Gasteiger partial charge >= 0.3 is 0 Å². The molecule has 0 radical (unpaired) electrons. The average molecular weight is 338 g/mol. The average Bonchev–Trinajstić information content (AvgIpc) is 3.33. The van der Waals surface area contributed by atoms with Crippen molar-refractivity contribution in [3.63, 3.8) is 0 Å². The molecule has 1 aromatic carbocycles. The van der Waals surface area contributed by atoms with Crippen LogP contribution in [0.3, 0.4) is 0 Å². The number of aromatic amines is 1. The third-order valence-corrected chi connectivity index (χ3v) is 3.60. The van der Waals surface area contributed by atoms with Crippen LogP contribution in [0, 0.1) is 0 Å². The maximum Gasteiger partial charge on any atom is 0.204 e. The van der Waals surface area contributed by atoms with Crippen LogP contribution < -0.4 is 14.8 Å². The largest absolute Gasteiger partial charge is 0.493 e. The molecule has 3 heterocycles. The zero-order chi connectivity index (χ0) is 17.2. The molecule has 0 aliphatic carbocycles. The second-order valence-electron chi connectivity index (χ2n) is 5.10. The predicted molar refractivity (Wildman–Crippen MR) is 90.0 cm³/mol. The number of nitrogens with zero attached hydrogens (tertiary/aromatic N) is 4. The van der Waals surface area contributed by atoms with Gasteiger partial charge < -0.3 is 19.3 Å². The van der Waals surface area contributed by atoms with E-state index in [0.29, 0.717) is 39.9 Å². The van der Waals surface area contributed by atoms with Crippen molar-refractivity contribution in [2.75, 3.05) is 19.5 Å². The third-order valence-electron chi connectivity index (χ3n) is 3.60. The SMILES string of the molecule is COc1ccc(Nc2nc(-c3ccno3)nc3cn[nH]c23)cc1OC. The molecule has 0 saturated carbocycles. The van der Waals surface area contributed by atoms with Gasteiger partial charge in [0.15, 0.2) is 17.3 Å². The van der Waals surface area contributed by atoms with E-state index in [2.05, 4.69) is 30.6 Å². The molecule has 4 aromatic rings. The van der Waals surface area contributed by atoms with Crippen molar-refractivity contribution in [1.82, 2.24) is 25.3 Å². The summed E-state index contributed by atoms with van der Waals surface area (Å²) in [6.45, 7) is 0. The van der Waals surface area contributed by atoms with Crippen LogP contribution in [-0.2, 0) is 0 Å². The van der Waals surface area contributed by atoms with E-state index in [1.165, 1.54) is 0 Å². The van der Waals surface area contributed by atoms with Gasteiger partial charge in [0.05, 0.1) is 26.6 Å². The third kappa shape index (κ3) is 2.71. The van der Waals surface area contributed by atoms with E-state index in [0.717, 1.165) is 5.69 Å². The highest BCUT2D eigenvalue weighted by molar-refractivity contribution is 5.88. The van der Waals surface area contributed by atoms with Crippen LogP contribution in [0.2, 0.25) is 0 Å². The van der Waals surface area contributed by atoms with E-state index in [9.17, 15) is 0 Å². The van der Waals surface area contributed by atoms with Gasteiger partial charge in [-0.05, 0) is 12.1 Å². The molecular weight excluding hydrogens is 324 g/mol. The molecule has 9 heteroatoms. The molecule has 0 unspecified atom stereocenters. The Morgan fingerprint density at radius 1 is 1.08 bits per heavy atom. The number of H-pyrrole nitrogens is 1. The van der Waals surface area contributed by atoms with Gasteiger partial charge in [0.25, 0.3) is 0 Å². The molecule has 4 rings (SSSR count). The van der Waals surface area contributed by atoms with Gasteiger partial charge in [-0.25, -0.2) is 9.97 Å². The summed E-state index contributed by atoms with van der Waals surface area (Å²) in [6, 6.07) is 7.18. The number of ether oxygens (including phenoxy) is 2. The molecule has 0 atom stereocenters. The van der Waals surface area contributed by atoms with Crippen molar-refractivity contribution in [3.8, 4) is 23.1 Å². The van der Waals surface area contributed by atoms with Gasteiger partial charge in [0.2, 0.25) is 11.6 Å². The Morgan fingerprint density at radius 2 is 1.96 bits per heavy atom. The zero-order valence-corrected chi connectivity index (χ0v) is 13.5. The highest BCUT2D eigenvalue weighted by Gasteiger charge is 2.14. The quantitative estimate of drug-likeness (QED) is 0.571. The lowest BCUT2D eigenvalue weighted by Crippen LogP contribution is -1.99. The van der Waals surface area contributed by atoms with E-state index in [1.54, 1.807) is 32.7 Å². The lowest BCUT2D eigenvalue weighted by molar-refractivity contribution is 0.355. The Morgan fingerprint density at radius 3 is 2.72 bits per heavy atom. The molecule has 0 saturated heterocycles. The Hall–Kier alpha value is -3.62. The van der Waals surface area contributed by atoms with Crippen LogP contribution in [0.1, 0.15) is 0 Å². The monoisotopic (exact) mass is 338 g/mol. The highest BCUT2D eigenvalue weighted by atomic mass is 16.5. The van der Waals surface area contributed by atoms with E-state index in [1.807, 2.05) is 18.2 Å². The Balaban J connectivity index is 1.77. The molecule has 2 N–H and O–H groups in total. The van der Waals surface area contributed by atoms with Crippen molar-refractivity contribution >= 4 is 22.5 Å². The summed E-state index contributed by atoms with van der Waals surface area (Å²) in [5.74, 6) is 2.69. The molecule has 0 fully saturated rings. The summed E-state index contributed by atoms with van der Waals surface area (Å²) in [5.41, 5.74) is 2.11. The minimum absolute atomic E-state index is 0.411. The minimum atomic E-state index is 0.411. The van der Waals surface area contributed by atoms with Gasteiger partial charge in [-0.2, -0.15) is 5.10 Å². The van der Waals surface area contributed by atoms with Crippen LogP contribution in [0.25, 0.3) is 22.6 Å². The van der Waals surface area contributed by atoms with Crippen LogP contribution in [0.15, 0.2) is 41.2 Å². The van der Waals surface area contributed by atoms with Crippen LogP contribution in [0.4, 0.5) is 11.5 Å². The van der Waals surface area contributed by atoms with Crippen molar-refractivity contribution in [2.24, 2.45) is 0 Å². The Labute approximate surface area is 142 Å². The molecule has 0 spiro atoms. The number of aromatic nitrogens is 5. The lowest BCUT2D eigenvalue weighted by atomic mass is 10.2. The van der Waals surface area contributed by atoms with E-state index >= 15 is 0 Å². The van der Waals surface area contributed by atoms with Crippen LogP contribution >= 0.6 is 0 Å². The van der Waals surface area contributed by atoms with Crippen LogP contribution in [-0.4, -0.2) is 39.5 Å². The van der Waals surface area contributed by atoms with Gasteiger partial charge in [0.1, 0.15) is 11.0 Å². The minimum Gasteiger partial charge on any atom is -0.493 e. The molecule has 0 aliphatic rings. The lowest BCUT2D eigenvalue weighted by Gasteiger charge is -2.11. The number of fused-ring (bicyclic) bond motifs is 1. The van der Waals surface area contributed by atoms with Gasteiger partial charge in [-0.3, -0.25) is 5.10 Å².